The van der Waals surface area contributed by atoms with Crippen LogP contribution in [0.5, 0.6) is 0 Å². The number of rotatable bonds is 6. The van der Waals surface area contributed by atoms with Gasteiger partial charge in [-0.3, -0.25) is 4.79 Å². The van der Waals surface area contributed by atoms with Gasteiger partial charge in [-0.15, -0.1) is 0 Å². The molecule has 1 saturated heterocycles. The molecule has 1 aliphatic rings. The van der Waals surface area contributed by atoms with Gasteiger partial charge in [0, 0.05) is 13.0 Å². The fourth-order valence-electron chi connectivity index (χ4n) is 1.67. The standard InChI is InChI=1S/C10H18O7/c11-4-7-9(15)10(6(12)5-17-7)16-3-1-2-8(13)14/h6-7,9-12,15H,1-5H2,(H,13,14)/t6-,7+,9+,10+/m0/s1. The lowest BCUT2D eigenvalue weighted by Gasteiger charge is -2.37. The predicted molar refractivity (Wildman–Crippen MR) is 55.4 cm³/mol. The van der Waals surface area contributed by atoms with Crippen molar-refractivity contribution in [1.29, 1.82) is 0 Å². The van der Waals surface area contributed by atoms with Crippen molar-refractivity contribution >= 4 is 5.97 Å². The number of hydrogen-bond acceptors (Lipinski definition) is 6. The van der Waals surface area contributed by atoms with Crippen LogP contribution in [-0.2, 0) is 14.3 Å². The van der Waals surface area contributed by atoms with E-state index in [4.69, 9.17) is 19.7 Å². The van der Waals surface area contributed by atoms with Gasteiger partial charge >= 0.3 is 5.97 Å². The summed E-state index contributed by atoms with van der Waals surface area (Å²) in [6.07, 6.45) is -3.45. The van der Waals surface area contributed by atoms with Crippen LogP contribution in [0.2, 0.25) is 0 Å². The van der Waals surface area contributed by atoms with Crippen molar-refractivity contribution in [2.45, 2.75) is 37.3 Å². The molecule has 0 bridgehead atoms. The Morgan fingerprint density at radius 3 is 2.71 bits per heavy atom. The third-order valence-electron chi connectivity index (χ3n) is 2.60. The molecular formula is C10H18O7. The summed E-state index contributed by atoms with van der Waals surface area (Å²) >= 11 is 0. The maximum absolute atomic E-state index is 10.3. The molecule has 0 amide bonds. The molecule has 0 saturated carbocycles. The number of aliphatic carboxylic acids is 1. The largest absolute Gasteiger partial charge is 0.481 e. The molecule has 4 N–H and O–H groups in total. The van der Waals surface area contributed by atoms with Gasteiger partial charge in [0.1, 0.15) is 24.4 Å². The monoisotopic (exact) mass is 250 g/mol. The maximum Gasteiger partial charge on any atom is 0.303 e. The van der Waals surface area contributed by atoms with E-state index >= 15 is 0 Å². The van der Waals surface area contributed by atoms with Crippen LogP contribution in [0, 0.1) is 0 Å². The minimum atomic E-state index is -1.12. The Kier molecular flexibility index (Phi) is 5.79. The Bertz CT molecular complexity index is 245. The van der Waals surface area contributed by atoms with Crippen LogP contribution in [0.1, 0.15) is 12.8 Å². The lowest BCUT2D eigenvalue weighted by atomic mass is 10.0. The average molecular weight is 250 g/mol. The van der Waals surface area contributed by atoms with E-state index in [9.17, 15) is 15.0 Å². The Morgan fingerprint density at radius 2 is 2.12 bits per heavy atom. The normalized spacial score (nSPS) is 33.6. The number of ether oxygens (including phenoxy) is 2. The van der Waals surface area contributed by atoms with Crippen molar-refractivity contribution in [3.05, 3.63) is 0 Å². The highest BCUT2D eigenvalue weighted by Gasteiger charge is 2.38. The van der Waals surface area contributed by atoms with Gasteiger partial charge in [0.05, 0.1) is 13.2 Å². The first kappa shape index (κ1) is 14.3. The molecule has 0 aliphatic carbocycles. The van der Waals surface area contributed by atoms with Gasteiger partial charge in [0.15, 0.2) is 0 Å². The van der Waals surface area contributed by atoms with Gasteiger partial charge in [-0.25, -0.2) is 0 Å². The second-order valence-corrected chi connectivity index (χ2v) is 3.94. The van der Waals surface area contributed by atoms with E-state index in [2.05, 4.69) is 0 Å². The molecule has 0 spiro atoms. The van der Waals surface area contributed by atoms with Crippen LogP contribution < -0.4 is 0 Å². The molecule has 0 unspecified atom stereocenters. The zero-order chi connectivity index (χ0) is 12.8. The molecule has 0 aromatic rings. The molecule has 17 heavy (non-hydrogen) atoms. The molecular weight excluding hydrogens is 232 g/mol. The third kappa shape index (κ3) is 4.21. The topological polar surface area (TPSA) is 116 Å². The van der Waals surface area contributed by atoms with Crippen LogP contribution in [0.15, 0.2) is 0 Å². The van der Waals surface area contributed by atoms with Gasteiger partial charge in [-0.05, 0) is 6.42 Å². The molecule has 7 nitrogen and oxygen atoms in total. The zero-order valence-electron chi connectivity index (χ0n) is 9.36. The molecule has 0 aromatic heterocycles. The van der Waals surface area contributed by atoms with Crippen molar-refractivity contribution in [2.24, 2.45) is 0 Å². The predicted octanol–water partition coefficient (Wildman–Crippen LogP) is -1.65. The first-order valence-electron chi connectivity index (χ1n) is 5.48. The van der Waals surface area contributed by atoms with Crippen molar-refractivity contribution < 1.29 is 34.7 Å². The van der Waals surface area contributed by atoms with Crippen LogP contribution in [0.3, 0.4) is 0 Å². The fraction of sp³-hybridized carbons (Fsp3) is 0.900. The highest BCUT2D eigenvalue weighted by Crippen LogP contribution is 2.18. The lowest BCUT2D eigenvalue weighted by molar-refractivity contribution is -0.211. The van der Waals surface area contributed by atoms with Crippen LogP contribution in [-0.4, -0.2) is 70.6 Å². The van der Waals surface area contributed by atoms with E-state index in [0.717, 1.165) is 0 Å². The van der Waals surface area contributed by atoms with Crippen molar-refractivity contribution in [3.8, 4) is 0 Å². The number of carboxylic acid groups (broad SMARTS) is 1. The number of carboxylic acids is 1. The number of carbonyl (C=O) groups is 1. The van der Waals surface area contributed by atoms with Crippen LogP contribution in [0.4, 0.5) is 0 Å². The van der Waals surface area contributed by atoms with Crippen molar-refractivity contribution in [2.75, 3.05) is 19.8 Å². The minimum Gasteiger partial charge on any atom is -0.481 e. The SMILES string of the molecule is O=C(O)CCCO[C@H]1[C@H](O)[C@@H](CO)OC[C@@H]1O. The first-order valence-corrected chi connectivity index (χ1v) is 5.48. The molecule has 4 atom stereocenters. The summed E-state index contributed by atoms with van der Waals surface area (Å²) < 4.78 is 10.2. The average Bonchev–Trinajstić information content (AvgIpc) is 2.27. The van der Waals surface area contributed by atoms with E-state index in [-0.39, 0.29) is 26.2 Å². The number of aliphatic hydroxyl groups excluding tert-OH is 3. The van der Waals surface area contributed by atoms with Crippen LogP contribution >= 0.6 is 0 Å². The van der Waals surface area contributed by atoms with E-state index in [1.807, 2.05) is 0 Å². The third-order valence-corrected chi connectivity index (χ3v) is 2.60. The van der Waals surface area contributed by atoms with Gasteiger partial charge in [0.25, 0.3) is 0 Å². The van der Waals surface area contributed by atoms with Gasteiger partial charge in [-0.2, -0.15) is 0 Å². The summed E-state index contributed by atoms with van der Waals surface area (Å²) in [5, 5.41) is 36.6. The Balaban J connectivity index is 2.35. The first-order chi connectivity index (χ1) is 8.06. The molecule has 1 aliphatic heterocycles. The Labute approximate surface area is 98.6 Å². The van der Waals surface area contributed by atoms with Gasteiger partial charge < -0.3 is 29.9 Å². The van der Waals surface area contributed by atoms with Crippen molar-refractivity contribution in [3.63, 3.8) is 0 Å². The molecule has 1 heterocycles. The van der Waals surface area contributed by atoms with Crippen LogP contribution in [0.25, 0.3) is 0 Å². The lowest BCUT2D eigenvalue weighted by Crippen LogP contribution is -2.55. The van der Waals surface area contributed by atoms with Gasteiger partial charge in [-0.1, -0.05) is 0 Å². The number of hydrogen-bond donors (Lipinski definition) is 4. The molecule has 7 heteroatoms. The molecule has 1 rings (SSSR count). The van der Waals surface area contributed by atoms with E-state index in [1.54, 1.807) is 0 Å². The molecule has 0 radical (unpaired) electrons. The van der Waals surface area contributed by atoms with E-state index in [0.29, 0.717) is 6.42 Å². The summed E-state index contributed by atoms with van der Waals surface area (Å²) in [4.78, 5) is 10.3. The quantitative estimate of drug-likeness (QED) is 0.417. The van der Waals surface area contributed by atoms with Crippen molar-refractivity contribution in [1.82, 2.24) is 0 Å². The molecule has 1 fully saturated rings. The second-order valence-electron chi connectivity index (χ2n) is 3.94. The smallest absolute Gasteiger partial charge is 0.303 e. The summed E-state index contributed by atoms with van der Waals surface area (Å²) in [7, 11) is 0. The molecule has 100 valence electrons. The summed E-state index contributed by atoms with van der Waals surface area (Å²) in [6.45, 7) is -0.252. The number of aliphatic hydroxyl groups is 3. The minimum absolute atomic E-state index is 0.0219. The summed E-state index contributed by atoms with van der Waals surface area (Å²) in [5.41, 5.74) is 0. The highest BCUT2D eigenvalue weighted by atomic mass is 16.6. The Hall–Kier alpha value is -0.730. The van der Waals surface area contributed by atoms with E-state index in [1.165, 1.54) is 0 Å². The summed E-state index contributed by atoms with van der Waals surface area (Å²) in [6, 6.07) is 0. The Morgan fingerprint density at radius 1 is 1.41 bits per heavy atom. The van der Waals surface area contributed by atoms with Gasteiger partial charge in [0.2, 0.25) is 0 Å². The maximum atomic E-state index is 10.3. The highest BCUT2D eigenvalue weighted by molar-refractivity contribution is 5.66. The summed E-state index contributed by atoms with van der Waals surface area (Å²) in [5.74, 6) is -0.921. The fourth-order valence-corrected chi connectivity index (χ4v) is 1.67. The zero-order valence-corrected chi connectivity index (χ0v) is 9.36. The van der Waals surface area contributed by atoms with E-state index < -0.39 is 30.4 Å². The molecule has 0 aromatic carbocycles. The second kappa shape index (κ2) is 6.87.